The number of nitrogens with zero attached hydrogens (tertiary/aromatic N) is 1. The number of hydrogen-bond donors (Lipinski definition) is 0. The number of rotatable bonds is 2. The molecule has 80 valence electrons. The first-order chi connectivity index (χ1) is 6.55. The molecule has 0 unspecified atom stereocenters. The zero-order valence-corrected chi connectivity index (χ0v) is 9.92. The SMILES string of the molecule is C=C(/C=C\C)C1=NOC(C)(C)C1.CC. The average Bonchev–Trinajstić information content (AvgIpc) is 2.50. The van der Waals surface area contributed by atoms with Crippen molar-refractivity contribution in [3.05, 3.63) is 24.3 Å². The second-order valence-corrected chi connectivity index (χ2v) is 3.59. The van der Waals surface area contributed by atoms with Crippen molar-refractivity contribution in [3.8, 4) is 0 Å². The van der Waals surface area contributed by atoms with Gasteiger partial charge in [0, 0.05) is 6.42 Å². The Balaban J connectivity index is 0.000000791. The van der Waals surface area contributed by atoms with Crippen LogP contribution in [0.2, 0.25) is 0 Å². The van der Waals surface area contributed by atoms with E-state index >= 15 is 0 Å². The molecule has 0 bridgehead atoms. The Labute approximate surface area is 87.3 Å². The van der Waals surface area contributed by atoms with E-state index < -0.39 is 0 Å². The average molecular weight is 195 g/mol. The highest BCUT2D eigenvalue weighted by molar-refractivity contribution is 6.02. The molecule has 2 nitrogen and oxygen atoms in total. The maximum absolute atomic E-state index is 5.21. The molecule has 0 aromatic heterocycles. The third-order valence-corrected chi connectivity index (χ3v) is 1.73. The molecular formula is C12H21NO. The van der Waals surface area contributed by atoms with Crippen molar-refractivity contribution in [2.24, 2.45) is 5.16 Å². The van der Waals surface area contributed by atoms with Crippen LogP contribution < -0.4 is 0 Å². The van der Waals surface area contributed by atoms with Gasteiger partial charge in [-0.25, -0.2) is 0 Å². The summed E-state index contributed by atoms with van der Waals surface area (Å²) < 4.78 is 0. The molecule has 1 rings (SSSR count). The van der Waals surface area contributed by atoms with Crippen molar-refractivity contribution in [1.82, 2.24) is 0 Å². The van der Waals surface area contributed by atoms with Gasteiger partial charge in [-0.05, 0) is 26.3 Å². The van der Waals surface area contributed by atoms with E-state index in [1.54, 1.807) is 0 Å². The Hall–Kier alpha value is -1.05. The predicted molar refractivity (Wildman–Crippen MR) is 62.5 cm³/mol. The van der Waals surface area contributed by atoms with Crippen molar-refractivity contribution in [1.29, 1.82) is 0 Å². The van der Waals surface area contributed by atoms with Gasteiger partial charge in [-0.2, -0.15) is 0 Å². The van der Waals surface area contributed by atoms with Crippen LogP contribution in [-0.2, 0) is 4.84 Å². The molecule has 0 saturated carbocycles. The molecule has 1 heterocycles. The Morgan fingerprint density at radius 2 is 2.07 bits per heavy atom. The molecular weight excluding hydrogens is 174 g/mol. The van der Waals surface area contributed by atoms with Crippen LogP contribution in [0.15, 0.2) is 29.5 Å². The Morgan fingerprint density at radius 3 is 2.43 bits per heavy atom. The maximum Gasteiger partial charge on any atom is 0.137 e. The monoisotopic (exact) mass is 195 g/mol. The summed E-state index contributed by atoms with van der Waals surface area (Å²) in [5.74, 6) is 0. The summed E-state index contributed by atoms with van der Waals surface area (Å²) in [6.07, 6.45) is 4.75. The van der Waals surface area contributed by atoms with Crippen LogP contribution in [0.4, 0.5) is 0 Å². The lowest BCUT2D eigenvalue weighted by Gasteiger charge is -2.13. The molecule has 0 amide bonds. The second kappa shape index (κ2) is 5.63. The van der Waals surface area contributed by atoms with E-state index in [-0.39, 0.29) is 5.60 Å². The van der Waals surface area contributed by atoms with Crippen molar-refractivity contribution in [2.45, 2.75) is 46.6 Å². The minimum absolute atomic E-state index is 0.153. The first-order valence-electron chi connectivity index (χ1n) is 5.12. The smallest absolute Gasteiger partial charge is 0.137 e. The Morgan fingerprint density at radius 1 is 1.50 bits per heavy atom. The van der Waals surface area contributed by atoms with Crippen LogP contribution in [0.1, 0.15) is 41.0 Å². The van der Waals surface area contributed by atoms with Gasteiger partial charge in [-0.1, -0.05) is 37.7 Å². The van der Waals surface area contributed by atoms with E-state index in [1.807, 2.05) is 46.8 Å². The summed E-state index contributed by atoms with van der Waals surface area (Å²) in [4.78, 5) is 5.21. The lowest BCUT2D eigenvalue weighted by atomic mass is 9.98. The highest BCUT2D eigenvalue weighted by Crippen LogP contribution is 2.25. The van der Waals surface area contributed by atoms with Gasteiger partial charge in [-0.15, -0.1) is 0 Å². The second-order valence-electron chi connectivity index (χ2n) is 3.59. The normalized spacial score (nSPS) is 18.2. The van der Waals surface area contributed by atoms with Crippen molar-refractivity contribution < 1.29 is 4.84 Å². The standard InChI is InChI=1S/C10H15NO.C2H6/c1-5-6-8(2)9-7-10(3,4)12-11-9;1-2/h5-6H,2,7H2,1,3-4H3;1-2H3/b6-5-;. The third-order valence-electron chi connectivity index (χ3n) is 1.73. The van der Waals surface area contributed by atoms with Gasteiger partial charge in [-0.3, -0.25) is 0 Å². The van der Waals surface area contributed by atoms with E-state index in [1.165, 1.54) is 0 Å². The summed E-state index contributed by atoms with van der Waals surface area (Å²) in [5.41, 5.74) is 1.75. The van der Waals surface area contributed by atoms with Gasteiger partial charge in [0.05, 0.1) is 5.71 Å². The van der Waals surface area contributed by atoms with Crippen LogP contribution in [0.3, 0.4) is 0 Å². The van der Waals surface area contributed by atoms with Gasteiger partial charge >= 0.3 is 0 Å². The number of oxime groups is 1. The van der Waals surface area contributed by atoms with E-state index in [9.17, 15) is 0 Å². The van der Waals surface area contributed by atoms with Gasteiger partial charge in [0.1, 0.15) is 5.60 Å². The minimum atomic E-state index is -0.153. The molecule has 0 atom stereocenters. The zero-order valence-electron chi connectivity index (χ0n) is 9.92. The molecule has 0 fully saturated rings. The molecule has 2 heteroatoms. The lowest BCUT2D eigenvalue weighted by Crippen LogP contribution is -2.19. The molecule has 0 N–H and O–H groups in total. The number of allylic oxidation sites excluding steroid dienone is 3. The lowest BCUT2D eigenvalue weighted by molar-refractivity contribution is 0.0123. The summed E-state index contributed by atoms with van der Waals surface area (Å²) in [7, 11) is 0. The first-order valence-corrected chi connectivity index (χ1v) is 5.12. The molecule has 0 saturated heterocycles. The molecule has 14 heavy (non-hydrogen) atoms. The predicted octanol–water partition coefficient (Wildman–Crippen LogP) is 3.70. The topological polar surface area (TPSA) is 21.6 Å². The van der Waals surface area contributed by atoms with E-state index in [2.05, 4.69) is 11.7 Å². The van der Waals surface area contributed by atoms with Crippen LogP contribution in [0, 0.1) is 0 Å². The van der Waals surface area contributed by atoms with Gasteiger partial charge in [0.25, 0.3) is 0 Å². The Kier molecular flexibility index (Phi) is 5.21. The molecule has 0 aromatic rings. The quantitative estimate of drug-likeness (QED) is 0.616. The minimum Gasteiger partial charge on any atom is -0.389 e. The van der Waals surface area contributed by atoms with Crippen LogP contribution >= 0.6 is 0 Å². The van der Waals surface area contributed by atoms with Crippen LogP contribution in [0.25, 0.3) is 0 Å². The van der Waals surface area contributed by atoms with Crippen molar-refractivity contribution in [2.75, 3.05) is 0 Å². The largest absolute Gasteiger partial charge is 0.389 e. The maximum atomic E-state index is 5.21. The van der Waals surface area contributed by atoms with Gasteiger partial charge in [0.2, 0.25) is 0 Å². The molecule has 0 radical (unpaired) electrons. The summed E-state index contributed by atoms with van der Waals surface area (Å²) >= 11 is 0. The van der Waals surface area contributed by atoms with Gasteiger partial charge in [0.15, 0.2) is 0 Å². The fourth-order valence-electron chi connectivity index (χ4n) is 1.12. The zero-order chi connectivity index (χ0) is 11.2. The molecule has 1 aliphatic rings. The summed E-state index contributed by atoms with van der Waals surface area (Å²) in [6.45, 7) is 13.9. The summed E-state index contributed by atoms with van der Waals surface area (Å²) in [6, 6.07) is 0. The molecule has 0 aromatic carbocycles. The van der Waals surface area contributed by atoms with E-state index in [4.69, 9.17) is 4.84 Å². The number of hydrogen-bond acceptors (Lipinski definition) is 2. The van der Waals surface area contributed by atoms with Crippen LogP contribution in [0.5, 0.6) is 0 Å². The fraction of sp³-hybridized carbons (Fsp3) is 0.583. The van der Waals surface area contributed by atoms with Gasteiger partial charge < -0.3 is 4.84 Å². The third kappa shape index (κ3) is 3.77. The molecule has 1 aliphatic heterocycles. The summed E-state index contributed by atoms with van der Waals surface area (Å²) in [5, 5.41) is 3.97. The fourth-order valence-corrected chi connectivity index (χ4v) is 1.12. The van der Waals surface area contributed by atoms with Crippen molar-refractivity contribution in [3.63, 3.8) is 0 Å². The molecule has 0 spiro atoms. The Bertz CT molecular complexity index is 249. The highest BCUT2D eigenvalue weighted by Gasteiger charge is 2.29. The molecule has 0 aliphatic carbocycles. The van der Waals surface area contributed by atoms with Crippen molar-refractivity contribution >= 4 is 5.71 Å². The first kappa shape index (κ1) is 12.9. The van der Waals surface area contributed by atoms with E-state index in [0.29, 0.717) is 0 Å². The highest BCUT2D eigenvalue weighted by atomic mass is 16.7. The van der Waals surface area contributed by atoms with E-state index in [0.717, 1.165) is 17.7 Å². The van der Waals surface area contributed by atoms with Crippen LogP contribution in [-0.4, -0.2) is 11.3 Å².